The Kier molecular flexibility index (Phi) is 5.63. The molecule has 7 heteroatoms. The first-order chi connectivity index (χ1) is 14.5. The van der Waals surface area contributed by atoms with E-state index >= 15 is 0 Å². The SMILES string of the molecule is NC[C@@H](NC(=O)C[C@H]1CNC(=O)c2cc(-c3cccc(F)c3)cn21)c1ccccc1. The van der Waals surface area contributed by atoms with Crippen LogP contribution < -0.4 is 16.4 Å². The predicted molar refractivity (Wildman–Crippen MR) is 112 cm³/mol. The number of rotatable bonds is 6. The van der Waals surface area contributed by atoms with Crippen molar-refractivity contribution in [3.05, 3.63) is 83.9 Å². The highest BCUT2D eigenvalue weighted by atomic mass is 19.1. The van der Waals surface area contributed by atoms with E-state index in [1.165, 1.54) is 12.1 Å². The van der Waals surface area contributed by atoms with Gasteiger partial charge in [0.25, 0.3) is 5.91 Å². The molecule has 0 saturated carbocycles. The number of halogens is 1. The van der Waals surface area contributed by atoms with Gasteiger partial charge in [0.05, 0.1) is 12.1 Å². The Bertz CT molecular complexity index is 1060. The largest absolute Gasteiger partial charge is 0.349 e. The Morgan fingerprint density at radius 3 is 2.70 bits per heavy atom. The van der Waals surface area contributed by atoms with Crippen LogP contribution >= 0.6 is 0 Å². The summed E-state index contributed by atoms with van der Waals surface area (Å²) in [4.78, 5) is 25.0. The normalized spacial score (nSPS) is 16.5. The fourth-order valence-corrected chi connectivity index (χ4v) is 3.79. The quantitative estimate of drug-likeness (QED) is 0.588. The first kappa shape index (κ1) is 19.8. The van der Waals surface area contributed by atoms with E-state index in [1.54, 1.807) is 29.0 Å². The molecule has 3 aromatic rings. The second-order valence-electron chi connectivity index (χ2n) is 7.37. The third-order valence-corrected chi connectivity index (χ3v) is 5.32. The second kappa shape index (κ2) is 8.51. The van der Waals surface area contributed by atoms with Gasteiger partial charge in [0.15, 0.2) is 0 Å². The minimum absolute atomic E-state index is 0.151. The lowest BCUT2D eigenvalue weighted by molar-refractivity contribution is -0.122. The molecule has 4 rings (SSSR count). The van der Waals surface area contributed by atoms with Crippen molar-refractivity contribution in [2.24, 2.45) is 5.73 Å². The van der Waals surface area contributed by atoms with Crippen molar-refractivity contribution >= 4 is 11.8 Å². The Hall–Kier alpha value is -3.45. The summed E-state index contributed by atoms with van der Waals surface area (Å²) < 4.78 is 15.4. The molecule has 6 nitrogen and oxygen atoms in total. The van der Waals surface area contributed by atoms with Crippen molar-refractivity contribution in [1.29, 1.82) is 0 Å². The summed E-state index contributed by atoms with van der Waals surface area (Å²) >= 11 is 0. The third kappa shape index (κ3) is 4.11. The number of carbonyl (C=O) groups excluding carboxylic acids is 2. The van der Waals surface area contributed by atoms with E-state index in [0.717, 1.165) is 11.1 Å². The maximum atomic E-state index is 13.6. The van der Waals surface area contributed by atoms with Gasteiger partial charge in [0.1, 0.15) is 11.5 Å². The molecule has 0 radical (unpaired) electrons. The van der Waals surface area contributed by atoms with Crippen molar-refractivity contribution in [2.75, 3.05) is 13.1 Å². The van der Waals surface area contributed by atoms with Crippen molar-refractivity contribution in [3.8, 4) is 11.1 Å². The van der Waals surface area contributed by atoms with Crippen LogP contribution in [0.1, 0.15) is 34.6 Å². The molecule has 0 bridgehead atoms. The van der Waals surface area contributed by atoms with Crippen LogP contribution in [0.15, 0.2) is 66.9 Å². The standard InChI is InChI=1S/C23H23FN4O2/c24-18-8-4-7-16(9-18)17-10-21-23(30)26-13-19(28(21)14-17)11-22(29)27-20(12-25)15-5-2-1-3-6-15/h1-10,14,19-20H,11-13,25H2,(H,26,30)(H,27,29)/t19-,20+/m0/s1. The minimum atomic E-state index is -0.342. The maximum absolute atomic E-state index is 13.6. The van der Waals surface area contributed by atoms with E-state index in [0.29, 0.717) is 17.8 Å². The molecule has 1 aromatic heterocycles. The number of nitrogens with one attached hydrogen (secondary N) is 2. The Balaban J connectivity index is 1.53. The summed E-state index contributed by atoms with van der Waals surface area (Å²) in [6.07, 6.45) is 1.99. The molecule has 2 atom stereocenters. The van der Waals surface area contributed by atoms with Gasteiger partial charge in [-0.2, -0.15) is 0 Å². The average Bonchev–Trinajstić information content (AvgIpc) is 3.21. The molecule has 2 aromatic carbocycles. The van der Waals surface area contributed by atoms with Gasteiger partial charge in [-0.25, -0.2) is 4.39 Å². The van der Waals surface area contributed by atoms with Crippen molar-refractivity contribution < 1.29 is 14.0 Å². The van der Waals surface area contributed by atoms with Gasteiger partial charge in [-0.15, -0.1) is 0 Å². The zero-order valence-corrected chi connectivity index (χ0v) is 16.3. The highest BCUT2D eigenvalue weighted by Crippen LogP contribution is 2.28. The summed E-state index contributed by atoms with van der Waals surface area (Å²) in [5, 5.41) is 5.81. The molecule has 0 aliphatic carbocycles. The van der Waals surface area contributed by atoms with E-state index in [4.69, 9.17) is 5.73 Å². The highest BCUT2D eigenvalue weighted by molar-refractivity contribution is 5.95. The number of fused-ring (bicyclic) bond motifs is 1. The van der Waals surface area contributed by atoms with E-state index in [2.05, 4.69) is 10.6 Å². The van der Waals surface area contributed by atoms with Crippen LogP contribution in [0.4, 0.5) is 4.39 Å². The smallest absolute Gasteiger partial charge is 0.268 e. The molecule has 2 heterocycles. The van der Waals surface area contributed by atoms with Crippen LogP contribution in [0.2, 0.25) is 0 Å². The minimum Gasteiger partial charge on any atom is -0.349 e. The van der Waals surface area contributed by atoms with Gasteiger partial charge in [0.2, 0.25) is 5.91 Å². The van der Waals surface area contributed by atoms with E-state index < -0.39 is 0 Å². The summed E-state index contributed by atoms with van der Waals surface area (Å²) in [5.41, 5.74) is 8.67. The lowest BCUT2D eigenvalue weighted by Crippen LogP contribution is -2.41. The van der Waals surface area contributed by atoms with Gasteiger partial charge in [-0.05, 0) is 29.3 Å². The lowest BCUT2D eigenvalue weighted by Gasteiger charge is -2.27. The van der Waals surface area contributed by atoms with Gasteiger partial charge < -0.3 is 20.9 Å². The molecule has 1 aliphatic rings. The Morgan fingerprint density at radius 1 is 1.17 bits per heavy atom. The van der Waals surface area contributed by atoms with Crippen molar-refractivity contribution in [3.63, 3.8) is 0 Å². The topological polar surface area (TPSA) is 89.2 Å². The predicted octanol–water partition coefficient (Wildman–Crippen LogP) is 2.79. The molecular weight excluding hydrogens is 383 g/mol. The van der Waals surface area contributed by atoms with Crippen LogP contribution in [0.3, 0.4) is 0 Å². The fraction of sp³-hybridized carbons (Fsp3) is 0.217. The summed E-state index contributed by atoms with van der Waals surface area (Å²) in [7, 11) is 0. The average molecular weight is 406 g/mol. The molecular formula is C23H23FN4O2. The van der Waals surface area contributed by atoms with E-state index in [-0.39, 0.29) is 42.7 Å². The second-order valence-corrected chi connectivity index (χ2v) is 7.37. The van der Waals surface area contributed by atoms with Gasteiger partial charge >= 0.3 is 0 Å². The molecule has 0 fully saturated rings. The number of benzene rings is 2. The lowest BCUT2D eigenvalue weighted by atomic mass is 10.1. The van der Waals surface area contributed by atoms with Crippen LogP contribution in [0, 0.1) is 5.82 Å². The first-order valence-corrected chi connectivity index (χ1v) is 9.85. The number of nitrogens with two attached hydrogens (primary N) is 1. The fourth-order valence-electron chi connectivity index (χ4n) is 3.79. The number of hydrogen-bond acceptors (Lipinski definition) is 3. The molecule has 0 saturated heterocycles. The maximum Gasteiger partial charge on any atom is 0.268 e. The summed E-state index contributed by atoms with van der Waals surface area (Å²) in [6.45, 7) is 0.630. The highest BCUT2D eigenvalue weighted by Gasteiger charge is 2.28. The molecule has 0 unspecified atom stereocenters. The molecule has 1 aliphatic heterocycles. The van der Waals surface area contributed by atoms with Crippen LogP contribution in [0.5, 0.6) is 0 Å². The molecule has 4 N–H and O–H groups in total. The van der Waals surface area contributed by atoms with Crippen LogP contribution in [0.25, 0.3) is 11.1 Å². The number of hydrogen-bond donors (Lipinski definition) is 3. The number of amides is 2. The number of nitrogens with zero attached hydrogens (tertiary/aromatic N) is 1. The van der Waals surface area contributed by atoms with Crippen molar-refractivity contribution in [1.82, 2.24) is 15.2 Å². The van der Waals surface area contributed by atoms with Gasteiger partial charge in [-0.1, -0.05) is 42.5 Å². The van der Waals surface area contributed by atoms with Crippen molar-refractivity contribution in [2.45, 2.75) is 18.5 Å². The molecule has 30 heavy (non-hydrogen) atoms. The zero-order chi connectivity index (χ0) is 21.1. The first-order valence-electron chi connectivity index (χ1n) is 9.85. The summed E-state index contributed by atoms with van der Waals surface area (Å²) in [5.74, 6) is -0.702. The molecule has 2 amide bonds. The van der Waals surface area contributed by atoms with Crippen LogP contribution in [-0.4, -0.2) is 29.5 Å². The Morgan fingerprint density at radius 2 is 1.97 bits per heavy atom. The molecule has 0 spiro atoms. The zero-order valence-electron chi connectivity index (χ0n) is 16.3. The van der Waals surface area contributed by atoms with Gasteiger partial charge in [-0.3, -0.25) is 9.59 Å². The van der Waals surface area contributed by atoms with E-state index in [9.17, 15) is 14.0 Å². The third-order valence-electron chi connectivity index (χ3n) is 5.32. The van der Waals surface area contributed by atoms with Crippen LogP contribution in [-0.2, 0) is 4.79 Å². The summed E-state index contributed by atoms with van der Waals surface area (Å²) in [6, 6.07) is 17.0. The number of aromatic nitrogens is 1. The Labute approximate surface area is 173 Å². The van der Waals surface area contributed by atoms with Gasteiger partial charge in [0, 0.05) is 31.3 Å². The monoisotopic (exact) mass is 406 g/mol. The van der Waals surface area contributed by atoms with E-state index in [1.807, 2.05) is 30.3 Å². The molecule has 154 valence electrons. The number of carbonyl (C=O) groups is 2.